The quantitative estimate of drug-likeness (QED) is 0.786. The second-order valence-corrected chi connectivity index (χ2v) is 5.95. The lowest BCUT2D eigenvalue weighted by Crippen LogP contribution is -2.48. The first-order valence-electron chi connectivity index (χ1n) is 7.51. The van der Waals surface area contributed by atoms with Gasteiger partial charge in [0, 0.05) is 18.5 Å². The fraction of sp³-hybridized carbons (Fsp3) is 0.733. The van der Waals surface area contributed by atoms with E-state index in [9.17, 15) is 9.59 Å². The van der Waals surface area contributed by atoms with Gasteiger partial charge in [0.2, 0.25) is 11.8 Å². The van der Waals surface area contributed by atoms with Crippen LogP contribution in [0.1, 0.15) is 44.9 Å². The second kappa shape index (κ2) is 5.35. The molecule has 4 nitrogen and oxygen atoms in total. The second-order valence-electron chi connectivity index (χ2n) is 5.95. The van der Waals surface area contributed by atoms with E-state index in [2.05, 4.69) is 17.5 Å². The summed E-state index contributed by atoms with van der Waals surface area (Å²) in [7, 11) is 0. The minimum absolute atomic E-state index is 0.0692. The Kier molecular flexibility index (Phi) is 3.58. The predicted molar refractivity (Wildman–Crippen MR) is 72.4 cm³/mol. The van der Waals surface area contributed by atoms with Crippen molar-refractivity contribution in [2.45, 2.75) is 57.0 Å². The Morgan fingerprint density at radius 1 is 1.11 bits per heavy atom. The molecule has 2 aliphatic carbocycles. The summed E-state index contributed by atoms with van der Waals surface area (Å²) in [4.78, 5) is 26.5. The first kappa shape index (κ1) is 12.7. The van der Waals surface area contributed by atoms with Crippen LogP contribution in [0.15, 0.2) is 12.2 Å². The fourth-order valence-corrected chi connectivity index (χ4v) is 3.08. The van der Waals surface area contributed by atoms with Crippen molar-refractivity contribution in [2.24, 2.45) is 5.92 Å². The SMILES string of the molecule is O=C(NC1CC1)C1CCCN1C(=O)C1CC=CCC1. The third-order valence-corrected chi connectivity index (χ3v) is 4.38. The molecule has 3 rings (SSSR count). The molecule has 19 heavy (non-hydrogen) atoms. The summed E-state index contributed by atoms with van der Waals surface area (Å²) in [5, 5.41) is 3.04. The average Bonchev–Trinajstić information content (AvgIpc) is 3.11. The molecule has 0 aromatic heterocycles. The van der Waals surface area contributed by atoms with Gasteiger partial charge in [-0.05, 0) is 44.9 Å². The Labute approximate surface area is 114 Å². The van der Waals surface area contributed by atoms with Crippen molar-refractivity contribution < 1.29 is 9.59 Å². The lowest BCUT2D eigenvalue weighted by molar-refractivity contribution is -0.141. The summed E-state index contributed by atoms with van der Waals surface area (Å²) in [6, 6.07) is 0.168. The molecule has 104 valence electrons. The van der Waals surface area contributed by atoms with Gasteiger partial charge >= 0.3 is 0 Å². The summed E-state index contributed by atoms with van der Waals surface area (Å²) >= 11 is 0. The molecule has 0 aromatic carbocycles. The lowest BCUT2D eigenvalue weighted by Gasteiger charge is -2.28. The Hall–Kier alpha value is -1.32. The fourth-order valence-electron chi connectivity index (χ4n) is 3.08. The maximum atomic E-state index is 12.5. The van der Waals surface area contributed by atoms with Crippen LogP contribution in [0.2, 0.25) is 0 Å². The zero-order valence-corrected chi connectivity index (χ0v) is 11.3. The first-order chi connectivity index (χ1) is 9.25. The summed E-state index contributed by atoms with van der Waals surface area (Å²) in [6.07, 6.45) is 11.0. The molecule has 3 aliphatic rings. The highest BCUT2D eigenvalue weighted by Crippen LogP contribution is 2.27. The van der Waals surface area contributed by atoms with E-state index >= 15 is 0 Å². The normalized spacial score (nSPS) is 30.4. The van der Waals surface area contributed by atoms with Gasteiger partial charge in [0.1, 0.15) is 6.04 Å². The van der Waals surface area contributed by atoms with E-state index in [1.54, 1.807) is 0 Å². The van der Waals surface area contributed by atoms with Gasteiger partial charge in [0.05, 0.1) is 0 Å². The highest BCUT2D eigenvalue weighted by atomic mass is 16.2. The van der Waals surface area contributed by atoms with Crippen LogP contribution in [0, 0.1) is 5.92 Å². The highest BCUT2D eigenvalue weighted by Gasteiger charge is 2.38. The van der Waals surface area contributed by atoms with Crippen LogP contribution in [-0.4, -0.2) is 35.3 Å². The molecule has 2 atom stereocenters. The van der Waals surface area contributed by atoms with E-state index in [1.807, 2.05) is 4.90 Å². The average molecular weight is 262 g/mol. The van der Waals surface area contributed by atoms with E-state index in [1.165, 1.54) is 0 Å². The van der Waals surface area contributed by atoms with Crippen molar-refractivity contribution in [3.63, 3.8) is 0 Å². The molecule has 1 aliphatic heterocycles. The third-order valence-electron chi connectivity index (χ3n) is 4.38. The minimum atomic E-state index is -0.209. The van der Waals surface area contributed by atoms with Gasteiger partial charge in [-0.25, -0.2) is 0 Å². The maximum absolute atomic E-state index is 12.5. The summed E-state index contributed by atoms with van der Waals surface area (Å²) in [5.74, 6) is 0.358. The number of hydrogen-bond donors (Lipinski definition) is 1. The number of nitrogens with one attached hydrogen (secondary N) is 1. The van der Waals surface area contributed by atoms with E-state index in [0.717, 1.165) is 51.5 Å². The van der Waals surface area contributed by atoms with Crippen LogP contribution < -0.4 is 5.32 Å². The van der Waals surface area contributed by atoms with Crippen molar-refractivity contribution in [1.82, 2.24) is 10.2 Å². The highest BCUT2D eigenvalue weighted by molar-refractivity contribution is 5.89. The van der Waals surface area contributed by atoms with Crippen LogP contribution in [0.5, 0.6) is 0 Å². The van der Waals surface area contributed by atoms with Gasteiger partial charge in [0.25, 0.3) is 0 Å². The van der Waals surface area contributed by atoms with Crippen molar-refractivity contribution in [3.8, 4) is 0 Å². The van der Waals surface area contributed by atoms with Crippen LogP contribution >= 0.6 is 0 Å². The van der Waals surface area contributed by atoms with Gasteiger partial charge in [0.15, 0.2) is 0 Å². The van der Waals surface area contributed by atoms with Crippen molar-refractivity contribution in [1.29, 1.82) is 0 Å². The Morgan fingerprint density at radius 2 is 1.95 bits per heavy atom. The molecular weight excluding hydrogens is 240 g/mol. The number of rotatable bonds is 3. The standard InChI is InChI=1S/C15H22N2O2/c18-14(16-12-8-9-12)13-7-4-10-17(13)15(19)11-5-2-1-3-6-11/h1-2,11-13H,3-10H2,(H,16,18). The smallest absolute Gasteiger partial charge is 0.243 e. The predicted octanol–water partition coefficient (Wildman–Crippen LogP) is 1.61. The molecule has 1 N–H and O–H groups in total. The molecule has 1 saturated carbocycles. The summed E-state index contributed by atoms with van der Waals surface area (Å²) in [5.41, 5.74) is 0. The van der Waals surface area contributed by atoms with Crippen LogP contribution in [0.3, 0.4) is 0 Å². The Balaban J connectivity index is 1.62. The maximum Gasteiger partial charge on any atom is 0.243 e. The molecule has 0 bridgehead atoms. The minimum Gasteiger partial charge on any atom is -0.352 e. The molecule has 0 aromatic rings. The number of nitrogens with zero attached hydrogens (tertiary/aromatic N) is 1. The van der Waals surface area contributed by atoms with Gasteiger partial charge < -0.3 is 10.2 Å². The number of carbonyl (C=O) groups excluding carboxylic acids is 2. The molecule has 2 fully saturated rings. The van der Waals surface area contributed by atoms with Crippen molar-refractivity contribution in [2.75, 3.05) is 6.54 Å². The molecule has 4 heteroatoms. The number of allylic oxidation sites excluding steroid dienone is 2. The van der Waals surface area contributed by atoms with Crippen LogP contribution in [0.4, 0.5) is 0 Å². The Morgan fingerprint density at radius 3 is 2.63 bits per heavy atom. The summed E-state index contributed by atoms with van der Waals surface area (Å²) < 4.78 is 0. The van der Waals surface area contributed by atoms with Gasteiger partial charge in [-0.15, -0.1) is 0 Å². The molecule has 1 heterocycles. The van der Waals surface area contributed by atoms with Crippen molar-refractivity contribution >= 4 is 11.8 Å². The van der Waals surface area contributed by atoms with Gasteiger partial charge in [-0.2, -0.15) is 0 Å². The lowest BCUT2D eigenvalue weighted by atomic mass is 9.93. The van der Waals surface area contributed by atoms with Crippen LogP contribution in [0.25, 0.3) is 0 Å². The Bertz CT molecular complexity index is 401. The summed E-state index contributed by atoms with van der Waals surface area (Å²) in [6.45, 7) is 0.752. The van der Waals surface area contributed by atoms with Crippen molar-refractivity contribution in [3.05, 3.63) is 12.2 Å². The van der Waals surface area contributed by atoms with E-state index in [4.69, 9.17) is 0 Å². The molecule has 2 amide bonds. The van der Waals surface area contributed by atoms with Crippen LogP contribution in [-0.2, 0) is 9.59 Å². The number of carbonyl (C=O) groups is 2. The molecule has 0 spiro atoms. The number of amides is 2. The monoisotopic (exact) mass is 262 g/mol. The third kappa shape index (κ3) is 2.82. The van der Waals surface area contributed by atoms with Gasteiger partial charge in [-0.3, -0.25) is 9.59 Å². The zero-order valence-electron chi connectivity index (χ0n) is 11.3. The first-order valence-corrected chi connectivity index (χ1v) is 7.51. The molecular formula is C15H22N2O2. The molecule has 0 radical (unpaired) electrons. The van der Waals surface area contributed by atoms with Gasteiger partial charge in [-0.1, -0.05) is 12.2 Å². The van der Waals surface area contributed by atoms with E-state index < -0.39 is 0 Å². The zero-order chi connectivity index (χ0) is 13.2. The number of hydrogen-bond acceptors (Lipinski definition) is 2. The van der Waals surface area contributed by atoms with E-state index in [0.29, 0.717) is 6.04 Å². The number of likely N-dealkylation sites (tertiary alicyclic amines) is 1. The van der Waals surface area contributed by atoms with E-state index in [-0.39, 0.29) is 23.8 Å². The largest absolute Gasteiger partial charge is 0.352 e. The molecule has 1 saturated heterocycles. The molecule has 2 unspecified atom stereocenters. The topological polar surface area (TPSA) is 49.4 Å².